The Hall–Kier alpha value is -2.39. The summed E-state index contributed by atoms with van der Waals surface area (Å²) >= 11 is 6.62. The summed E-state index contributed by atoms with van der Waals surface area (Å²) in [6.45, 7) is 7.70. The minimum absolute atomic E-state index is 0.0573. The molecule has 0 spiro atoms. The molecule has 0 N–H and O–H groups in total. The number of carbonyl (C=O) groups excluding carboxylic acids is 3. The third kappa shape index (κ3) is 9.85. The summed E-state index contributed by atoms with van der Waals surface area (Å²) in [5.74, 6) is -1.57. The lowest BCUT2D eigenvalue weighted by atomic mass is 9.98. The number of aldehydes is 1. The van der Waals surface area contributed by atoms with E-state index in [0.717, 1.165) is 33.0 Å². The number of halogens is 2. The second-order valence-corrected chi connectivity index (χ2v) is 8.82. The number of hydrogen-bond donors (Lipinski definition) is 0. The van der Waals surface area contributed by atoms with Gasteiger partial charge in [-0.1, -0.05) is 19.9 Å². The van der Waals surface area contributed by atoms with Crippen molar-refractivity contribution in [3.8, 4) is 0 Å². The molecule has 0 fully saturated rings. The van der Waals surface area contributed by atoms with Crippen molar-refractivity contribution >= 4 is 50.1 Å². The zero-order valence-electron chi connectivity index (χ0n) is 19.8. The Labute approximate surface area is 217 Å². The van der Waals surface area contributed by atoms with Crippen molar-refractivity contribution in [2.45, 2.75) is 52.4 Å². The van der Waals surface area contributed by atoms with Gasteiger partial charge < -0.3 is 14.3 Å². The quantitative estimate of drug-likeness (QED) is 0.110. The fourth-order valence-electron chi connectivity index (χ4n) is 2.84. The van der Waals surface area contributed by atoms with E-state index in [2.05, 4.69) is 41.8 Å². The van der Waals surface area contributed by atoms with E-state index in [-0.39, 0.29) is 30.6 Å². The van der Waals surface area contributed by atoms with Crippen LogP contribution in [0.5, 0.6) is 0 Å². The first-order chi connectivity index (χ1) is 16.3. The van der Waals surface area contributed by atoms with Crippen LogP contribution in [0.2, 0.25) is 0 Å². The molecular formula is C25H30Br2N2O5. The Morgan fingerprint density at radius 3 is 1.59 bits per heavy atom. The number of carbonyl (C=O) groups is 3. The first kappa shape index (κ1) is 29.6. The molecule has 9 heteroatoms. The second kappa shape index (κ2) is 16.3. The molecule has 0 aliphatic rings. The van der Waals surface area contributed by atoms with E-state index in [0.29, 0.717) is 6.42 Å². The molecule has 34 heavy (non-hydrogen) atoms. The number of hydrogen-bond acceptors (Lipinski definition) is 7. The van der Waals surface area contributed by atoms with Gasteiger partial charge in [0.25, 0.3) is 0 Å². The number of aromatic nitrogens is 2. The van der Waals surface area contributed by atoms with Gasteiger partial charge in [-0.05, 0) is 82.8 Å². The standard InChI is InChI=1S/C16H20BrNO4.C9H10BrNO/c1-4-11(14-8-7-12(17)10-18-14)9-13(15(19)21-5-2)16(20)22-6-3;1-2-7(6-12)9-4-3-8(10)5-11-9/h7-11H,4-6H2,1-3H3;3-7H,2H2,1H3. The van der Waals surface area contributed by atoms with Crippen molar-refractivity contribution in [2.75, 3.05) is 13.2 Å². The van der Waals surface area contributed by atoms with E-state index in [9.17, 15) is 14.4 Å². The third-order valence-corrected chi connectivity index (χ3v) is 5.60. The Balaban J connectivity index is 0.000000404. The van der Waals surface area contributed by atoms with Gasteiger partial charge in [0.1, 0.15) is 11.9 Å². The molecule has 0 saturated heterocycles. The number of esters is 2. The molecule has 2 heterocycles. The summed E-state index contributed by atoms with van der Waals surface area (Å²) in [7, 11) is 0. The van der Waals surface area contributed by atoms with Gasteiger partial charge in [-0.2, -0.15) is 0 Å². The summed E-state index contributed by atoms with van der Waals surface area (Å²) < 4.78 is 11.7. The molecule has 2 unspecified atom stereocenters. The van der Waals surface area contributed by atoms with Gasteiger partial charge in [-0.25, -0.2) is 9.59 Å². The molecule has 0 radical (unpaired) electrons. The SMILES string of the molecule is CCC(C=O)c1ccc(Br)cn1.CCOC(=O)C(=CC(CC)c1ccc(Br)cn1)C(=O)OCC. The fourth-order valence-corrected chi connectivity index (χ4v) is 3.31. The Bertz CT molecular complexity index is 927. The minimum Gasteiger partial charge on any atom is -0.462 e. The van der Waals surface area contributed by atoms with E-state index in [1.807, 2.05) is 38.1 Å². The van der Waals surface area contributed by atoms with Gasteiger partial charge in [-0.3, -0.25) is 9.97 Å². The van der Waals surface area contributed by atoms with Crippen molar-refractivity contribution in [1.82, 2.24) is 9.97 Å². The van der Waals surface area contributed by atoms with E-state index in [1.54, 1.807) is 32.3 Å². The normalized spacial score (nSPS) is 11.8. The summed E-state index contributed by atoms with van der Waals surface area (Å²) in [6.07, 6.45) is 7.40. The average Bonchev–Trinajstić information content (AvgIpc) is 2.83. The van der Waals surface area contributed by atoms with E-state index >= 15 is 0 Å². The Morgan fingerprint density at radius 1 is 0.824 bits per heavy atom. The molecule has 2 atom stereocenters. The molecule has 184 valence electrons. The molecule has 0 aliphatic heterocycles. The lowest BCUT2D eigenvalue weighted by Gasteiger charge is -2.12. The summed E-state index contributed by atoms with van der Waals surface area (Å²) in [5.41, 5.74) is 1.53. The van der Waals surface area contributed by atoms with E-state index in [1.165, 1.54) is 0 Å². The van der Waals surface area contributed by atoms with Crippen LogP contribution < -0.4 is 0 Å². The van der Waals surface area contributed by atoms with Crippen molar-refractivity contribution in [3.05, 3.63) is 68.6 Å². The highest BCUT2D eigenvalue weighted by Crippen LogP contribution is 2.23. The molecule has 2 aromatic rings. The van der Waals surface area contributed by atoms with Gasteiger partial charge >= 0.3 is 11.9 Å². The fraction of sp³-hybridized carbons (Fsp3) is 0.400. The van der Waals surface area contributed by atoms with Crippen LogP contribution in [0, 0.1) is 0 Å². The number of nitrogens with zero attached hydrogens (tertiary/aromatic N) is 2. The van der Waals surface area contributed by atoms with E-state index < -0.39 is 11.9 Å². The molecular weight excluding hydrogens is 568 g/mol. The van der Waals surface area contributed by atoms with Crippen molar-refractivity contribution in [1.29, 1.82) is 0 Å². The monoisotopic (exact) mass is 596 g/mol. The number of allylic oxidation sites excluding steroid dienone is 1. The lowest BCUT2D eigenvalue weighted by Crippen LogP contribution is -2.19. The zero-order valence-corrected chi connectivity index (χ0v) is 23.0. The number of ether oxygens (including phenoxy) is 2. The summed E-state index contributed by atoms with van der Waals surface area (Å²) in [6, 6.07) is 7.48. The van der Waals surface area contributed by atoms with Crippen LogP contribution in [0.4, 0.5) is 0 Å². The Morgan fingerprint density at radius 2 is 1.26 bits per heavy atom. The second-order valence-electron chi connectivity index (χ2n) is 6.99. The smallest absolute Gasteiger partial charge is 0.345 e. The predicted molar refractivity (Wildman–Crippen MR) is 137 cm³/mol. The summed E-state index contributed by atoms with van der Waals surface area (Å²) in [4.78, 5) is 43.0. The highest BCUT2D eigenvalue weighted by molar-refractivity contribution is 9.10. The van der Waals surface area contributed by atoms with Crippen LogP contribution in [-0.4, -0.2) is 41.4 Å². The molecule has 2 rings (SSSR count). The van der Waals surface area contributed by atoms with E-state index in [4.69, 9.17) is 9.47 Å². The van der Waals surface area contributed by atoms with Crippen LogP contribution in [-0.2, 0) is 23.9 Å². The van der Waals surface area contributed by atoms with Crippen molar-refractivity contribution < 1.29 is 23.9 Å². The maximum atomic E-state index is 12.0. The molecule has 0 amide bonds. The zero-order chi connectivity index (χ0) is 25.5. The topological polar surface area (TPSA) is 95.5 Å². The Kier molecular flexibility index (Phi) is 14.2. The largest absolute Gasteiger partial charge is 0.462 e. The molecule has 7 nitrogen and oxygen atoms in total. The molecule has 0 aromatic carbocycles. The van der Waals surface area contributed by atoms with Crippen LogP contribution in [0.15, 0.2) is 57.3 Å². The minimum atomic E-state index is -0.670. The summed E-state index contributed by atoms with van der Waals surface area (Å²) in [5, 5.41) is 0. The molecule has 0 aliphatic carbocycles. The van der Waals surface area contributed by atoms with Gasteiger partial charge in [0, 0.05) is 33.0 Å². The average molecular weight is 598 g/mol. The van der Waals surface area contributed by atoms with Crippen molar-refractivity contribution in [2.24, 2.45) is 0 Å². The lowest BCUT2D eigenvalue weighted by molar-refractivity contribution is -0.146. The maximum absolute atomic E-state index is 12.0. The first-order valence-electron chi connectivity index (χ1n) is 11.0. The predicted octanol–water partition coefficient (Wildman–Crippen LogP) is 5.93. The number of pyridine rings is 2. The number of rotatable bonds is 10. The maximum Gasteiger partial charge on any atom is 0.345 e. The highest BCUT2D eigenvalue weighted by atomic mass is 79.9. The van der Waals surface area contributed by atoms with Gasteiger partial charge in [-0.15, -0.1) is 0 Å². The van der Waals surface area contributed by atoms with Gasteiger partial charge in [0.2, 0.25) is 0 Å². The van der Waals surface area contributed by atoms with Crippen LogP contribution in [0.25, 0.3) is 0 Å². The van der Waals surface area contributed by atoms with Gasteiger partial charge in [0.05, 0.1) is 24.8 Å². The van der Waals surface area contributed by atoms with Crippen LogP contribution >= 0.6 is 31.9 Å². The van der Waals surface area contributed by atoms with Crippen LogP contribution in [0.3, 0.4) is 0 Å². The van der Waals surface area contributed by atoms with Crippen LogP contribution in [0.1, 0.15) is 63.8 Å². The molecule has 0 saturated carbocycles. The highest BCUT2D eigenvalue weighted by Gasteiger charge is 2.23. The molecule has 2 aromatic heterocycles. The third-order valence-electron chi connectivity index (χ3n) is 4.66. The first-order valence-corrected chi connectivity index (χ1v) is 12.6. The molecule has 0 bridgehead atoms. The van der Waals surface area contributed by atoms with Crippen molar-refractivity contribution in [3.63, 3.8) is 0 Å². The van der Waals surface area contributed by atoms with Gasteiger partial charge in [0.15, 0.2) is 0 Å².